The van der Waals surface area contributed by atoms with E-state index >= 15 is 0 Å². The number of carbonyl (C=O) groups excluding carboxylic acids is 2. The van der Waals surface area contributed by atoms with Crippen LogP contribution >= 0.6 is 0 Å². The Hall–Kier alpha value is -1.30. The Balaban J connectivity index is 2.12. The van der Waals surface area contributed by atoms with E-state index in [2.05, 4.69) is 5.32 Å². The lowest BCUT2D eigenvalue weighted by Crippen LogP contribution is -2.56. The molecule has 0 aromatic rings. The molecule has 6 nitrogen and oxygen atoms in total. The Morgan fingerprint density at radius 2 is 2.06 bits per heavy atom. The van der Waals surface area contributed by atoms with Crippen molar-refractivity contribution in [1.29, 1.82) is 0 Å². The monoisotopic (exact) mass is 255 g/mol. The first-order chi connectivity index (χ1) is 8.26. The number of rotatable bonds is 3. The van der Waals surface area contributed by atoms with Gasteiger partial charge in [0.05, 0.1) is 11.6 Å². The molecule has 1 saturated carbocycles. The number of nitrogens with two attached hydrogens (primary N) is 1. The Morgan fingerprint density at radius 1 is 1.44 bits per heavy atom. The molecule has 1 heterocycles. The minimum atomic E-state index is -0.922. The lowest BCUT2D eigenvalue weighted by atomic mass is 9.96. The maximum atomic E-state index is 12.5. The van der Waals surface area contributed by atoms with Crippen molar-refractivity contribution in [3.05, 3.63) is 0 Å². The first-order valence-electron chi connectivity index (χ1n) is 6.37. The Morgan fingerprint density at radius 3 is 2.50 bits per heavy atom. The van der Waals surface area contributed by atoms with E-state index in [1.165, 1.54) is 0 Å². The first kappa shape index (κ1) is 13.1. The molecule has 2 rings (SSSR count). The molecule has 18 heavy (non-hydrogen) atoms. The van der Waals surface area contributed by atoms with Crippen LogP contribution < -0.4 is 11.1 Å². The summed E-state index contributed by atoms with van der Waals surface area (Å²) in [6.07, 6.45) is 2.93. The van der Waals surface area contributed by atoms with Crippen molar-refractivity contribution in [3.63, 3.8) is 0 Å². The molecule has 1 atom stereocenters. The van der Waals surface area contributed by atoms with Crippen molar-refractivity contribution >= 4 is 11.9 Å². The second-order valence-corrected chi connectivity index (χ2v) is 5.88. The van der Waals surface area contributed by atoms with E-state index in [9.17, 15) is 14.7 Å². The summed E-state index contributed by atoms with van der Waals surface area (Å²) in [5.74, 6) is -0.106. The summed E-state index contributed by atoms with van der Waals surface area (Å²) in [7, 11) is 0. The Labute approximate surface area is 107 Å². The molecule has 102 valence electrons. The quantitative estimate of drug-likeness (QED) is 0.659. The number of carbonyl (C=O) groups is 2. The number of hydrogen-bond acceptors (Lipinski definition) is 3. The number of nitrogens with zero attached hydrogens (tertiary/aromatic N) is 1. The zero-order valence-corrected chi connectivity index (χ0v) is 10.9. The third kappa shape index (κ3) is 2.29. The SMILES string of the molecule is CC(C)(O)C1CCCN1C(=O)C1(NC(N)=O)CC1. The smallest absolute Gasteiger partial charge is 0.313 e. The molecule has 6 heteroatoms. The highest BCUT2D eigenvalue weighted by Gasteiger charge is 2.55. The van der Waals surface area contributed by atoms with Gasteiger partial charge in [-0.15, -0.1) is 0 Å². The summed E-state index contributed by atoms with van der Waals surface area (Å²) in [6, 6.07) is -0.850. The third-order valence-electron chi connectivity index (χ3n) is 3.85. The lowest BCUT2D eigenvalue weighted by Gasteiger charge is -2.35. The van der Waals surface area contributed by atoms with Gasteiger partial charge < -0.3 is 21.1 Å². The van der Waals surface area contributed by atoms with Gasteiger partial charge >= 0.3 is 6.03 Å². The van der Waals surface area contributed by atoms with Crippen LogP contribution in [0.15, 0.2) is 0 Å². The predicted molar refractivity (Wildman–Crippen MR) is 65.7 cm³/mol. The molecule has 1 saturated heterocycles. The molecule has 4 N–H and O–H groups in total. The normalized spacial score (nSPS) is 25.9. The molecule has 0 spiro atoms. The average Bonchev–Trinajstić information content (AvgIpc) is 2.82. The minimum absolute atomic E-state index is 0.106. The summed E-state index contributed by atoms with van der Waals surface area (Å²) >= 11 is 0. The van der Waals surface area contributed by atoms with Crippen LogP contribution in [0.25, 0.3) is 0 Å². The minimum Gasteiger partial charge on any atom is -0.388 e. The molecule has 2 fully saturated rings. The number of likely N-dealkylation sites (tertiary alicyclic amines) is 1. The van der Waals surface area contributed by atoms with E-state index < -0.39 is 17.2 Å². The fourth-order valence-electron chi connectivity index (χ4n) is 2.77. The zero-order chi connectivity index (χ0) is 13.6. The van der Waals surface area contributed by atoms with Crippen molar-refractivity contribution in [2.75, 3.05) is 6.54 Å². The summed E-state index contributed by atoms with van der Waals surface area (Å²) in [4.78, 5) is 25.1. The number of hydrogen-bond donors (Lipinski definition) is 3. The third-order valence-corrected chi connectivity index (χ3v) is 3.85. The molecule has 3 amide bonds. The highest BCUT2D eigenvalue weighted by atomic mass is 16.3. The maximum Gasteiger partial charge on any atom is 0.313 e. The van der Waals surface area contributed by atoms with Crippen LogP contribution in [0.2, 0.25) is 0 Å². The molecule has 0 aromatic carbocycles. The van der Waals surface area contributed by atoms with E-state index in [1.54, 1.807) is 18.7 Å². The average molecular weight is 255 g/mol. The fourth-order valence-corrected chi connectivity index (χ4v) is 2.77. The molecule has 0 aromatic heterocycles. The molecule has 2 aliphatic rings. The fraction of sp³-hybridized carbons (Fsp3) is 0.833. The van der Waals surface area contributed by atoms with Gasteiger partial charge in [0.25, 0.3) is 0 Å². The maximum absolute atomic E-state index is 12.5. The van der Waals surface area contributed by atoms with Crippen molar-refractivity contribution in [1.82, 2.24) is 10.2 Å². The second kappa shape index (κ2) is 4.12. The highest BCUT2D eigenvalue weighted by Crippen LogP contribution is 2.40. The van der Waals surface area contributed by atoms with Gasteiger partial charge in [-0.25, -0.2) is 4.79 Å². The van der Waals surface area contributed by atoms with Crippen molar-refractivity contribution in [2.45, 2.75) is 56.7 Å². The highest BCUT2D eigenvalue weighted by molar-refractivity contribution is 5.93. The van der Waals surface area contributed by atoms with Crippen molar-refractivity contribution < 1.29 is 14.7 Å². The predicted octanol–water partition coefficient (Wildman–Crippen LogP) is -0.0508. The van der Waals surface area contributed by atoms with Crippen LogP contribution in [0.4, 0.5) is 4.79 Å². The number of primary amides is 1. The van der Waals surface area contributed by atoms with E-state index in [-0.39, 0.29) is 11.9 Å². The number of nitrogens with one attached hydrogen (secondary N) is 1. The molecule has 1 aliphatic heterocycles. The number of urea groups is 1. The van der Waals surface area contributed by atoms with Crippen LogP contribution in [-0.2, 0) is 4.79 Å². The van der Waals surface area contributed by atoms with Gasteiger partial charge in [-0.2, -0.15) is 0 Å². The van der Waals surface area contributed by atoms with Gasteiger partial charge in [0.2, 0.25) is 5.91 Å². The van der Waals surface area contributed by atoms with Gasteiger partial charge in [0.15, 0.2) is 0 Å². The molecule has 0 radical (unpaired) electrons. The summed E-state index contributed by atoms with van der Waals surface area (Å²) in [6.45, 7) is 4.06. The largest absolute Gasteiger partial charge is 0.388 e. The van der Waals surface area contributed by atoms with E-state index in [4.69, 9.17) is 5.73 Å². The standard InChI is InChI=1S/C12H21N3O3/c1-11(2,18)8-4-3-7-15(8)9(16)12(5-6-12)14-10(13)17/h8,18H,3-7H2,1-2H3,(H3,13,14,17). The lowest BCUT2D eigenvalue weighted by molar-refractivity contribution is -0.139. The van der Waals surface area contributed by atoms with Crippen LogP contribution in [0.3, 0.4) is 0 Å². The topological polar surface area (TPSA) is 95.7 Å². The zero-order valence-electron chi connectivity index (χ0n) is 10.9. The Bertz CT molecular complexity index is 371. The second-order valence-electron chi connectivity index (χ2n) is 5.88. The van der Waals surface area contributed by atoms with E-state index in [0.29, 0.717) is 19.4 Å². The summed E-state index contributed by atoms with van der Waals surface area (Å²) in [5, 5.41) is 12.6. The van der Waals surface area contributed by atoms with Crippen LogP contribution in [-0.4, -0.2) is 45.7 Å². The van der Waals surface area contributed by atoms with Crippen LogP contribution in [0.5, 0.6) is 0 Å². The molecular formula is C12H21N3O3. The molecular weight excluding hydrogens is 234 g/mol. The molecule has 1 aliphatic carbocycles. The van der Waals surface area contributed by atoms with Gasteiger partial charge in [-0.1, -0.05) is 0 Å². The number of aliphatic hydroxyl groups is 1. The van der Waals surface area contributed by atoms with E-state index in [1.807, 2.05) is 0 Å². The van der Waals surface area contributed by atoms with Crippen LogP contribution in [0.1, 0.15) is 39.5 Å². The van der Waals surface area contributed by atoms with Crippen molar-refractivity contribution in [3.8, 4) is 0 Å². The van der Waals surface area contributed by atoms with Crippen molar-refractivity contribution in [2.24, 2.45) is 5.73 Å². The van der Waals surface area contributed by atoms with Gasteiger partial charge in [-0.3, -0.25) is 4.79 Å². The summed E-state index contributed by atoms with van der Waals surface area (Å²) in [5.41, 5.74) is 3.38. The molecule has 0 bridgehead atoms. The summed E-state index contributed by atoms with van der Waals surface area (Å²) < 4.78 is 0. The Kier molecular flexibility index (Phi) is 3.01. The first-order valence-corrected chi connectivity index (χ1v) is 6.37. The van der Waals surface area contributed by atoms with Gasteiger partial charge in [0, 0.05) is 6.54 Å². The van der Waals surface area contributed by atoms with Crippen LogP contribution in [0, 0.1) is 0 Å². The van der Waals surface area contributed by atoms with E-state index in [0.717, 1.165) is 12.8 Å². The van der Waals surface area contributed by atoms with Gasteiger partial charge in [-0.05, 0) is 39.5 Å². The molecule has 1 unspecified atom stereocenters. The number of amides is 3. The van der Waals surface area contributed by atoms with Gasteiger partial charge in [0.1, 0.15) is 5.54 Å².